The predicted octanol–water partition coefficient (Wildman–Crippen LogP) is 5.09. The van der Waals surface area contributed by atoms with E-state index in [1.807, 2.05) is 75.4 Å². The molecule has 0 aromatic heterocycles. The van der Waals surface area contributed by atoms with Gasteiger partial charge in [0.05, 0.1) is 6.42 Å². The van der Waals surface area contributed by atoms with Crippen molar-refractivity contribution >= 4 is 11.8 Å². The molecular formula is C29H33FN2O2. The average Bonchev–Trinajstić information content (AvgIpc) is 2.83. The molecule has 178 valence electrons. The van der Waals surface area contributed by atoms with Gasteiger partial charge in [0, 0.05) is 19.5 Å². The van der Waals surface area contributed by atoms with Crippen LogP contribution in [-0.4, -0.2) is 29.3 Å². The molecule has 4 nitrogen and oxygen atoms in total. The maximum atomic E-state index is 13.6. The highest BCUT2D eigenvalue weighted by molar-refractivity contribution is 5.88. The lowest BCUT2D eigenvalue weighted by Gasteiger charge is -2.32. The van der Waals surface area contributed by atoms with E-state index in [0.29, 0.717) is 13.0 Å². The summed E-state index contributed by atoms with van der Waals surface area (Å²) in [6.45, 7) is 6.82. The number of hydrogen-bond acceptors (Lipinski definition) is 2. The number of carbonyl (C=O) groups excluding carboxylic acids is 2. The van der Waals surface area contributed by atoms with E-state index in [9.17, 15) is 14.0 Å². The van der Waals surface area contributed by atoms with Crippen molar-refractivity contribution in [2.24, 2.45) is 5.92 Å². The first kappa shape index (κ1) is 25.2. The Morgan fingerprint density at radius 3 is 2.09 bits per heavy atom. The van der Waals surface area contributed by atoms with Crippen LogP contribution in [0.5, 0.6) is 0 Å². The Bertz CT molecular complexity index is 1060. The first-order valence-electron chi connectivity index (χ1n) is 11.7. The van der Waals surface area contributed by atoms with E-state index < -0.39 is 6.04 Å². The molecule has 0 aliphatic heterocycles. The smallest absolute Gasteiger partial charge is 0.243 e. The molecule has 34 heavy (non-hydrogen) atoms. The Morgan fingerprint density at radius 2 is 1.47 bits per heavy atom. The molecule has 0 fully saturated rings. The normalized spacial score (nSPS) is 11.8. The van der Waals surface area contributed by atoms with Gasteiger partial charge in [-0.2, -0.15) is 0 Å². The summed E-state index contributed by atoms with van der Waals surface area (Å²) in [4.78, 5) is 28.6. The zero-order valence-electron chi connectivity index (χ0n) is 20.1. The molecule has 0 spiro atoms. The van der Waals surface area contributed by atoms with Crippen LogP contribution in [0.1, 0.15) is 36.1 Å². The van der Waals surface area contributed by atoms with Crippen molar-refractivity contribution in [3.63, 3.8) is 0 Å². The van der Waals surface area contributed by atoms with Crippen molar-refractivity contribution in [1.82, 2.24) is 10.2 Å². The summed E-state index contributed by atoms with van der Waals surface area (Å²) in [6, 6.07) is 22.9. The van der Waals surface area contributed by atoms with Crippen LogP contribution in [0.15, 0.2) is 78.9 Å². The van der Waals surface area contributed by atoms with Gasteiger partial charge in [-0.25, -0.2) is 4.39 Å². The van der Waals surface area contributed by atoms with Crippen molar-refractivity contribution in [1.29, 1.82) is 0 Å². The summed E-state index contributed by atoms with van der Waals surface area (Å²) in [5.41, 5.74) is 3.75. The van der Waals surface area contributed by atoms with Gasteiger partial charge in [-0.1, -0.05) is 86.1 Å². The van der Waals surface area contributed by atoms with Crippen LogP contribution in [0.2, 0.25) is 0 Å². The SMILES string of the molecule is Cc1ccc(CC(=O)N(Cc2ccc(F)cc2)[C@@H](Cc2ccccc2)C(=O)NCC(C)C)cc1. The maximum Gasteiger partial charge on any atom is 0.243 e. The summed E-state index contributed by atoms with van der Waals surface area (Å²) < 4.78 is 13.5. The number of nitrogens with zero attached hydrogens (tertiary/aromatic N) is 1. The molecule has 3 aromatic rings. The molecule has 1 atom stereocenters. The van der Waals surface area contributed by atoms with Gasteiger partial charge in [0.1, 0.15) is 11.9 Å². The molecule has 0 saturated carbocycles. The lowest BCUT2D eigenvalue weighted by atomic mass is 10.0. The minimum absolute atomic E-state index is 0.145. The van der Waals surface area contributed by atoms with Crippen LogP contribution < -0.4 is 5.32 Å². The number of benzene rings is 3. The lowest BCUT2D eigenvalue weighted by Crippen LogP contribution is -2.51. The summed E-state index contributed by atoms with van der Waals surface area (Å²) in [5, 5.41) is 3.01. The van der Waals surface area contributed by atoms with E-state index in [-0.39, 0.29) is 36.5 Å². The summed E-state index contributed by atoms with van der Waals surface area (Å²) in [6.07, 6.45) is 0.579. The van der Waals surface area contributed by atoms with E-state index >= 15 is 0 Å². The van der Waals surface area contributed by atoms with Crippen molar-refractivity contribution in [3.8, 4) is 0 Å². The summed E-state index contributed by atoms with van der Waals surface area (Å²) in [5.74, 6) is -0.377. The molecular weight excluding hydrogens is 427 g/mol. The molecule has 0 heterocycles. The number of amides is 2. The largest absolute Gasteiger partial charge is 0.354 e. The van der Waals surface area contributed by atoms with Gasteiger partial charge in [0.15, 0.2) is 0 Å². The second-order valence-corrected chi connectivity index (χ2v) is 9.16. The molecule has 5 heteroatoms. The van der Waals surface area contributed by atoms with Crippen LogP contribution >= 0.6 is 0 Å². The third-order valence-corrected chi connectivity index (χ3v) is 5.70. The Kier molecular flexibility index (Phi) is 8.97. The highest BCUT2D eigenvalue weighted by Crippen LogP contribution is 2.17. The van der Waals surface area contributed by atoms with Crippen LogP contribution in [-0.2, 0) is 29.0 Å². The number of rotatable bonds is 10. The van der Waals surface area contributed by atoms with Gasteiger partial charge in [0.2, 0.25) is 11.8 Å². The van der Waals surface area contributed by atoms with Gasteiger partial charge in [-0.15, -0.1) is 0 Å². The highest BCUT2D eigenvalue weighted by atomic mass is 19.1. The monoisotopic (exact) mass is 460 g/mol. The predicted molar refractivity (Wildman–Crippen MR) is 134 cm³/mol. The number of hydrogen-bond donors (Lipinski definition) is 1. The fourth-order valence-electron chi connectivity index (χ4n) is 3.75. The Labute approximate surface area is 201 Å². The van der Waals surface area contributed by atoms with Crippen molar-refractivity contribution in [3.05, 3.63) is 107 Å². The Balaban J connectivity index is 1.93. The molecule has 0 aliphatic carbocycles. The topological polar surface area (TPSA) is 49.4 Å². The molecule has 0 aliphatic rings. The molecule has 0 radical (unpaired) electrons. The van der Waals surface area contributed by atoms with Crippen molar-refractivity contribution in [2.75, 3.05) is 6.54 Å². The lowest BCUT2D eigenvalue weighted by molar-refractivity contribution is -0.140. The Hall–Kier alpha value is -3.47. The number of halogens is 1. The van der Waals surface area contributed by atoms with Gasteiger partial charge < -0.3 is 10.2 Å². The molecule has 3 rings (SSSR count). The Morgan fingerprint density at radius 1 is 0.853 bits per heavy atom. The van der Waals surface area contributed by atoms with E-state index in [4.69, 9.17) is 0 Å². The molecule has 0 saturated heterocycles. The van der Waals surface area contributed by atoms with E-state index in [1.165, 1.54) is 12.1 Å². The van der Waals surface area contributed by atoms with Gasteiger partial charge >= 0.3 is 0 Å². The zero-order valence-corrected chi connectivity index (χ0v) is 20.1. The zero-order chi connectivity index (χ0) is 24.5. The third-order valence-electron chi connectivity index (χ3n) is 5.70. The van der Waals surface area contributed by atoms with Crippen molar-refractivity contribution in [2.45, 2.75) is 46.2 Å². The second kappa shape index (κ2) is 12.1. The fraction of sp³-hybridized carbons (Fsp3) is 0.310. The first-order chi connectivity index (χ1) is 16.3. The average molecular weight is 461 g/mol. The molecule has 2 amide bonds. The van der Waals surface area contributed by atoms with E-state index in [2.05, 4.69) is 5.32 Å². The first-order valence-corrected chi connectivity index (χ1v) is 11.7. The number of aryl methyl sites for hydroxylation is 1. The van der Waals surface area contributed by atoms with Crippen molar-refractivity contribution < 1.29 is 14.0 Å². The quantitative estimate of drug-likeness (QED) is 0.458. The molecule has 3 aromatic carbocycles. The number of nitrogens with one attached hydrogen (secondary N) is 1. The minimum atomic E-state index is -0.691. The highest BCUT2D eigenvalue weighted by Gasteiger charge is 2.30. The third kappa shape index (κ3) is 7.55. The van der Waals surface area contributed by atoms with Gasteiger partial charge in [0.25, 0.3) is 0 Å². The van der Waals surface area contributed by atoms with E-state index in [1.54, 1.807) is 17.0 Å². The van der Waals surface area contributed by atoms with Crippen LogP contribution in [0.4, 0.5) is 4.39 Å². The number of carbonyl (C=O) groups is 2. The van der Waals surface area contributed by atoms with Crippen LogP contribution in [0.3, 0.4) is 0 Å². The molecule has 1 N–H and O–H groups in total. The summed E-state index contributed by atoms with van der Waals surface area (Å²) in [7, 11) is 0. The minimum Gasteiger partial charge on any atom is -0.354 e. The van der Waals surface area contributed by atoms with Crippen LogP contribution in [0, 0.1) is 18.7 Å². The second-order valence-electron chi connectivity index (χ2n) is 9.16. The van der Waals surface area contributed by atoms with Gasteiger partial charge in [-0.05, 0) is 41.7 Å². The summed E-state index contributed by atoms with van der Waals surface area (Å²) >= 11 is 0. The van der Waals surface area contributed by atoms with Crippen LogP contribution in [0.25, 0.3) is 0 Å². The standard InChI is InChI=1S/C29H33FN2O2/c1-21(2)19-31-29(34)27(17-23-7-5-4-6-8-23)32(20-25-13-15-26(30)16-14-25)28(33)18-24-11-9-22(3)10-12-24/h4-16,21,27H,17-20H2,1-3H3,(H,31,34)/t27-/m0/s1. The fourth-order valence-corrected chi connectivity index (χ4v) is 3.75. The van der Waals surface area contributed by atoms with E-state index in [0.717, 1.165) is 22.3 Å². The molecule has 0 unspecified atom stereocenters. The maximum absolute atomic E-state index is 13.6. The molecule has 0 bridgehead atoms. The van der Waals surface area contributed by atoms with Gasteiger partial charge in [-0.3, -0.25) is 9.59 Å².